The number of hydrogen-bond acceptors (Lipinski definition) is 4. The molecule has 0 fully saturated rings. The molecule has 0 atom stereocenters. The van der Waals surface area contributed by atoms with Gasteiger partial charge in [0.05, 0.1) is 13.0 Å². The lowest BCUT2D eigenvalue weighted by atomic mass is 10.1. The van der Waals surface area contributed by atoms with Gasteiger partial charge in [0.15, 0.2) is 0 Å². The van der Waals surface area contributed by atoms with Crippen molar-refractivity contribution in [3.05, 3.63) is 52.9 Å². The molecule has 29 heavy (non-hydrogen) atoms. The highest BCUT2D eigenvalue weighted by atomic mass is 16.5. The third-order valence-corrected chi connectivity index (χ3v) is 4.45. The molecule has 2 amide bonds. The van der Waals surface area contributed by atoms with Gasteiger partial charge in [-0.1, -0.05) is 6.92 Å². The van der Waals surface area contributed by atoms with E-state index < -0.39 is 11.8 Å². The fraction of sp³-hybridized carbons (Fsp3) is 0.318. The molecule has 0 unspecified atom stereocenters. The topological polar surface area (TPSA) is 110 Å². The van der Waals surface area contributed by atoms with Gasteiger partial charge in [-0.3, -0.25) is 9.59 Å². The zero-order valence-corrected chi connectivity index (χ0v) is 17.0. The number of primary amides is 1. The zero-order valence-electron chi connectivity index (χ0n) is 17.0. The summed E-state index contributed by atoms with van der Waals surface area (Å²) in [6.07, 6.45) is 2.76. The molecule has 0 saturated carbocycles. The summed E-state index contributed by atoms with van der Waals surface area (Å²) in [6.45, 7) is 7.19. The maximum absolute atomic E-state index is 12.5. The predicted molar refractivity (Wildman–Crippen MR) is 112 cm³/mol. The Kier molecular flexibility index (Phi) is 7.61. The molecule has 0 spiro atoms. The Morgan fingerprint density at radius 2 is 1.97 bits per heavy atom. The summed E-state index contributed by atoms with van der Waals surface area (Å²) in [5, 5.41) is 12.2. The highest BCUT2D eigenvalue weighted by Gasteiger charge is 2.13. The van der Waals surface area contributed by atoms with Gasteiger partial charge in [0.25, 0.3) is 5.91 Å². The van der Waals surface area contributed by atoms with Crippen LogP contribution in [0.2, 0.25) is 0 Å². The van der Waals surface area contributed by atoms with Gasteiger partial charge < -0.3 is 20.4 Å². The molecule has 0 bridgehead atoms. The summed E-state index contributed by atoms with van der Waals surface area (Å²) < 4.78 is 7.57. The highest BCUT2D eigenvalue weighted by Crippen LogP contribution is 2.20. The molecule has 7 nitrogen and oxygen atoms in total. The number of ether oxygens (including phenoxy) is 1. The summed E-state index contributed by atoms with van der Waals surface area (Å²) in [7, 11) is 0. The van der Waals surface area contributed by atoms with Crippen molar-refractivity contribution in [2.75, 3.05) is 11.9 Å². The lowest BCUT2D eigenvalue weighted by Crippen LogP contribution is -2.15. The average molecular weight is 394 g/mol. The number of amides is 2. The Morgan fingerprint density at radius 1 is 1.28 bits per heavy atom. The van der Waals surface area contributed by atoms with Gasteiger partial charge in [-0.05, 0) is 62.2 Å². The minimum atomic E-state index is -0.477. The number of nitrogens with two attached hydrogens (primary N) is 1. The quantitative estimate of drug-likeness (QED) is 0.502. The Bertz CT molecular complexity index is 950. The van der Waals surface area contributed by atoms with Gasteiger partial charge >= 0.3 is 0 Å². The van der Waals surface area contributed by atoms with Crippen molar-refractivity contribution in [3.8, 4) is 11.8 Å². The van der Waals surface area contributed by atoms with Gasteiger partial charge in [0.1, 0.15) is 17.4 Å². The first-order valence-electron chi connectivity index (χ1n) is 9.46. The van der Waals surface area contributed by atoms with E-state index >= 15 is 0 Å². The average Bonchev–Trinajstić information content (AvgIpc) is 2.94. The van der Waals surface area contributed by atoms with Crippen LogP contribution in [-0.2, 0) is 16.1 Å². The van der Waals surface area contributed by atoms with Crippen LogP contribution in [0.4, 0.5) is 5.69 Å². The number of nitrogens with one attached hydrogen (secondary N) is 1. The van der Waals surface area contributed by atoms with Crippen molar-refractivity contribution >= 4 is 23.6 Å². The monoisotopic (exact) mass is 394 g/mol. The van der Waals surface area contributed by atoms with E-state index in [2.05, 4.69) is 16.8 Å². The molecule has 0 radical (unpaired) electrons. The third kappa shape index (κ3) is 5.98. The van der Waals surface area contributed by atoms with E-state index in [0.717, 1.165) is 29.9 Å². The molecule has 2 aromatic rings. The number of aromatic nitrogens is 1. The molecule has 0 aliphatic heterocycles. The lowest BCUT2D eigenvalue weighted by molar-refractivity contribution is -0.118. The van der Waals surface area contributed by atoms with E-state index in [1.807, 2.05) is 26.0 Å². The molecule has 1 aromatic heterocycles. The van der Waals surface area contributed by atoms with Crippen LogP contribution in [0.5, 0.6) is 5.75 Å². The predicted octanol–water partition coefficient (Wildman–Crippen LogP) is 3.31. The van der Waals surface area contributed by atoms with Gasteiger partial charge in [-0.2, -0.15) is 5.26 Å². The Hall–Kier alpha value is -3.53. The summed E-state index contributed by atoms with van der Waals surface area (Å²) >= 11 is 0. The van der Waals surface area contributed by atoms with Crippen LogP contribution in [0.3, 0.4) is 0 Å². The number of aryl methyl sites for hydroxylation is 1. The minimum absolute atomic E-state index is 0.0310. The lowest BCUT2D eigenvalue weighted by Gasteiger charge is -2.08. The first-order valence-corrected chi connectivity index (χ1v) is 9.46. The van der Waals surface area contributed by atoms with Crippen LogP contribution in [0.15, 0.2) is 35.9 Å². The first-order chi connectivity index (χ1) is 13.8. The standard InChI is InChI=1S/C22H26N4O3/c1-4-10-26-15(2)12-17(16(26)3)13-18(14-23)22(28)25-19-5-7-20(8-6-19)29-11-9-21(24)27/h5-8,12-13H,4,9-11H2,1-3H3,(H2,24,27)(H,25,28)/b18-13-. The van der Waals surface area contributed by atoms with Crippen LogP contribution in [-0.4, -0.2) is 23.0 Å². The van der Waals surface area contributed by atoms with E-state index in [1.54, 1.807) is 30.3 Å². The van der Waals surface area contributed by atoms with Gasteiger partial charge in [-0.25, -0.2) is 0 Å². The van der Waals surface area contributed by atoms with E-state index in [-0.39, 0.29) is 18.6 Å². The number of carbonyl (C=O) groups excluding carboxylic acids is 2. The largest absolute Gasteiger partial charge is 0.493 e. The van der Waals surface area contributed by atoms with Crippen LogP contribution >= 0.6 is 0 Å². The van der Waals surface area contributed by atoms with E-state index in [0.29, 0.717) is 11.4 Å². The Morgan fingerprint density at radius 3 is 2.55 bits per heavy atom. The molecule has 1 heterocycles. The summed E-state index contributed by atoms with van der Waals surface area (Å²) in [5.41, 5.74) is 8.62. The van der Waals surface area contributed by atoms with E-state index in [1.165, 1.54) is 0 Å². The van der Waals surface area contributed by atoms with Gasteiger partial charge in [0, 0.05) is 23.6 Å². The molecule has 1 aromatic carbocycles. The smallest absolute Gasteiger partial charge is 0.266 e. The molecule has 0 aliphatic rings. The highest BCUT2D eigenvalue weighted by molar-refractivity contribution is 6.09. The Balaban J connectivity index is 2.08. The maximum Gasteiger partial charge on any atom is 0.266 e. The van der Waals surface area contributed by atoms with Crippen LogP contribution in [0, 0.1) is 25.2 Å². The third-order valence-electron chi connectivity index (χ3n) is 4.45. The molecule has 0 saturated heterocycles. The van der Waals surface area contributed by atoms with Crippen molar-refractivity contribution in [2.45, 2.75) is 40.2 Å². The zero-order chi connectivity index (χ0) is 21.4. The molecule has 2 rings (SSSR count). The second kappa shape index (κ2) is 10.1. The van der Waals surface area contributed by atoms with Crippen molar-refractivity contribution in [3.63, 3.8) is 0 Å². The van der Waals surface area contributed by atoms with Crippen LogP contribution in [0.1, 0.15) is 36.7 Å². The molecule has 3 N–H and O–H groups in total. The van der Waals surface area contributed by atoms with Crippen molar-refractivity contribution in [2.24, 2.45) is 5.73 Å². The van der Waals surface area contributed by atoms with Gasteiger partial charge in [-0.15, -0.1) is 0 Å². The fourth-order valence-electron chi connectivity index (χ4n) is 2.95. The summed E-state index contributed by atoms with van der Waals surface area (Å²) in [5.74, 6) is -0.348. The summed E-state index contributed by atoms with van der Waals surface area (Å²) in [4.78, 5) is 23.2. The van der Waals surface area contributed by atoms with Gasteiger partial charge in [0.2, 0.25) is 5.91 Å². The van der Waals surface area contributed by atoms with E-state index in [9.17, 15) is 14.9 Å². The Labute approximate surface area is 170 Å². The first kappa shape index (κ1) is 21.8. The number of hydrogen-bond donors (Lipinski definition) is 2. The maximum atomic E-state index is 12.5. The van der Waals surface area contributed by atoms with Crippen LogP contribution in [0.25, 0.3) is 6.08 Å². The summed E-state index contributed by atoms with van der Waals surface area (Å²) in [6, 6.07) is 10.6. The number of carbonyl (C=O) groups is 2. The normalized spacial score (nSPS) is 11.0. The molecular weight excluding hydrogens is 368 g/mol. The van der Waals surface area contributed by atoms with E-state index in [4.69, 9.17) is 10.5 Å². The number of nitriles is 1. The van der Waals surface area contributed by atoms with Crippen molar-refractivity contribution in [1.82, 2.24) is 4.57 Å². The number of rotatable bonds is 9. The SMILES string of the molecule is CCCn1c(C)cc(/C=C(/C#N)C(=O)Nc2ccc(OCCC(N)=O)cc2)c1C. The van der Waals surface area contributed by atoms with Crippen molar-refractivity contribution in [1.29, 1.82) is 5.26 Å². The fourth-order valence-corrected chi connectivity index (χ4v) is 2.95. The molecule has 152 valence electrons. The second-order valence-electron chi connectivity index (χ2n) is 6.69. The molecule has 7 heteroatoms. The van der Waals surface area contributed by atoms with Crippen LogP contribution < -0.4 is 15.8 Å². The number of anilines is 1. The number of nitrogens with zero attached hydrogens (tertiary/aromatic N) is 2. The second-order valence-corrected chi connectivity index (χ2v) is 6.69. The van der Waals surface area contributed by atoms with Crippen molar-refractivity contribution < 1.29 is 14.3 Å². The minimum Gasteiger partial charge on any atom is -0.493 e. The number of benzene rings is 1. The molecule has 0 aliphatic carbocycles. The molecular formula is C22H26N4O3.